The first-order valence-corrected chi connectivity index (χ1v) is 27.3. The molecule has 78 heavy (non-hydrogen) atoms. The molecule has 3 saturated heterocycles. The van der Waals surface area contributed by atoms with Gasteiger partial charge in [0, 0.05) is 7.11 Å². The topological polar surface area (TPSA) is 149 Å². The number of benzene rings is 5. The molecule has 0 spiro atoms. The van der Waals surface area contributed by atoms with Gasteiger partial charge in [0.15, 0.2) is 18.9 Å². The van der Waals surface area contributed by atoms with E-state index in [0.717, 1.165) is 27.8 Å². The summed E-state index contributed by atoms with van der Waals surface area (Å²) < 4.78 is 85.5. The van der Waals surface area contributed by atoms with Crippen molar-refractivity contribution in [1.82, 2.24) is 5.32 Å². The molecule has 420 valence electrons. The number of methoxy groups -OCH3 is 1. The Morgan fingerprint density at radius 2 is 0.846 bits per heavy atom. The smallest absolute Gasteiger partial charge is 0.407 e. The van der Waals surface area contributed by atoms with Crippen LogP contribution < -0.4 is 5.32 Å². The molecule has 3 fully saturated rings. The Labute approximate surface area is 472 Å². The molecule has 0 aromatic heterocycles. The molecule has 8 rings (SSSR count). The lowest BCUT2D eigenvalue weighted by atomic mass is 9.94. The molecule has 0 radical (unpaired) electrons. The third-order valence-electron chi connectivity index (χ3n) is 13.5. The number of nitrogens with one attached hydrogen (secondary N) is 1. The number of hydrogen-bond acceptors (Lipinski definition) is 14. The van der Waals surface area contributed by atoms with Gasteiger partial charge >= 0.3 is 6.09 Å². The van der Waals surface area contributed by atoms with Crippen LogP contribution in [-0.2, 0) is 94.6 Å². The second kappa shape index (κ2) is 29.8. The summed E-state index contributed by atoms with van der Waals surface area (Å²) in [6, 6.07) is 47.6. The number of rotatable bonds is 25. The second-order valence-electron chi connectivity index (χ2n) is 19.3. The Kier molecular flexibility index (Phi) is 22.8. The van der Waals surface area contributed by atoms with E-state index in [1.807, 2.05) is 172 Å². The van der Waals surface area contributed by atoms with Gasteiger partial charge in [-0.2, -0.15) is 0 Å². The minimum atomic E-state index is -1.90. The first kappa shape index (κ1) is 59.6. The normalized spacial score (nSPS) is 29.3. The van der Waals surface area contributed by atoms with E-state index < -0.39 is 109 Å². The minimum Gasteiger partial charge on any atom is -0.445 e. The van der Waals surface area contributed by atoms with E-state index >= 15 is 0 Å². The lowest BCUT2D eigenvalue weighted by Crippen LogP contribution is -2.68. The quantitative estimate of drug-likeness (QED) is 0.0436. The molecule has 1 N–H and O–H groups in total. The van der Waals surface area contributed by atoms with Crippen LogP contribution in [0.4, 0.5) is 4.79 Å². The Hall–Kier alpha value is -4.50. The number of carbonyl (C=O) groups is 1. The summed E-state index contributed by atoms with van der Waals surface area (Å²) in [7, 11) is 1.56. The van der Waals surface area contributed by atoms with Crippen LogP contribution in [0.5, 0.6) is 0 Å². The number of amides is 1. The van der Waals surface area contributed by atoms with Crippen molar-refractivity contribution in [2.75, 3.05) is 20.3 Å². The maximum Gasteiger partial charge on any atom is 0.407 e. The highest BCUT2D eigenvalue weighted by Gasteiger charge is 2.56. The van der Waals surface area contributed by atoms with E-state index in [9.17, 15) is 4.79 Å². The van der Waals surface area contributed by atoms with E-state index in [1.165, 1.54) is 0 Å². The van der Waals surface area contributed by atoms with Gasteiger partial charge in [-0.1, -0.05) is 193 Å². The van der Waals surface area contributed by atoms with Crippen molar-refractivity contribution < 1.29 is 66.4 Å². The molecule has 15 atom stereocenters. The second-order valence-corrected chi connectivity index (χ2v) is 21.8. The van der Waals surface area contributed by atoms with Crippen molar-refractivity contribution in [1.29, 1.82) is 0 Å². The van der Waals surface area contributed by atoms with Gasteiger partial charge in [-0.3, -0.25) is 0 Å². The van der Waals surface area contributed by atoms with Gasteiger partial charge in [-0.05, 0) is 48.6 Å². The summed E-state index contributed by atoms with van der Waals surface area (Å²) >= 11 is 18.2. The number of halogens is 3. The van der Waals surface area contributed by atoms with Crippen LogP contribution in [0.1, 0.15) is 48.6 Å². The number of alkyl halides is 3. The summed E-state index contributed by atoms with van der Waals surface area (Å²) in [6.45, 7) is 10.0. The van der Waals surface area contributed by atoms with Gasteiger partial charge in [-0.25, -0.2) is 4.79 Å². The summed E-state index contributed by atoms with van der Waals surface area (Å²) in [4.78, 5) is 13.9. The van der Waals surface area contributed by atoms with Crippen LogP contribution in [0.3, 0.4) is 0 Å². The van der Waals surface area contributed by atoms with E-state index in [1.54, 1.807) is 13.2 Å². The third kappa shape index (κ3) is 17.0. The third-order valence-corrected chi connectivity index (χ3v) is 13.9. The molecule has 18 heteroatoms. The summed E-state index contributed by atoms with van der Waals surface area (Å²) in [5.41, 5.74) is 4.50. The summed E-state index contributed by atoms with van der Waals surface area (Å²) in [5, 5.41) is 2.98. The van der Waals surface area contributed by atoms with Crippen LogP contribution in [0, 0.1) is 0 Å². The van der Waals surface area contributed by atoms with E-state index in [4.69, 9.17) is 96.4 Å². The highest BCUT2D eigenvalue weighted by atomic mass is 35.6. The highest BCUT2D eigenvalue weighted by molar-refractivity contribution is 6.67. The standard InChI is InChI=1S/C60H70Cl3NO14/c1-6-32-67-52-49(69-34-43-24-14-8-15-25-43)40(3)76-58(77-53-50(70-35-44-26-16-9-17-27-44)41(4)74-56(66-5)54(53)72-37-46-30-20-11-21-31-46)55(52)78-57-51(71-36-45-28-18-10-19-29-45)47(64-59(65)73-38-60(61,62)63)48(39(2)75-57)68-33-42-22-12-7-13-23-42/h6-31,39-41,47-58H,1,32-38H2,2-5H3,(H,64,65)/t39-,40-,41-,47+,48+,49-,50-,51-,52+,53+,54+,55+,56+,57-,58+/m1/s1. The zero-order valence-corrected chi connectivity index (χ0v) is 46.4. The first-order chi connectivity index (χ1) is 37.9. The lowest BCUT2D eigenvalue weighted by molar-refractivity contribution is -0.391. The number of ether oxygens (including phenoxy) is 13. The van der Waals surface area contributed by atoms with E-state index in [-0.39, 0.29) is 39.6 Å². The highest BCUT2D eigenvalue weighted by Crippen LogP contribution is 2.38. The fraction of sp³-hybridized carbons (Fsp3) is 0.450. The van der Waals surface area contributed by atoms with Crippen LogP contribution in [-0.4, -0.2) is 122 Å². The van der Waals surface area contributed by atoms with Gasteiger partial charge in [-0.15, -0.1) is 6.58 Å². The van der Waals surface area contributed by atoms with Crippen molar-refractivity contribution in [3.05, 3.63) is 192 Å². The molecule has 0 bridgehead atoms. The molecule has 3 aliphatic heterocycles. The van der Waals surface area contributed by atoms with Crippen molar-refractivity contribution in [2.24, 2.45) is 0 Å². The van der Waals surface area contributed by atoms with Crippen molar-refractivity contribution in [3.8, 4) is 0 Å². The van der Waals surface area contributed by atoms with Gasteiger partial charge in [0.1, 0.15) is 55.4 Å². The fourth-order valence-electron chi connectivity index (χ4n) is 9.73. The summed E-state index contributed by atoms with van der Waals surface area (Å²) in [6.07, 6.45) is -12.1. The zero-order chi connectivity index (χ0) is 54.9. The maximum atomic E-state index is 13.9. The Morgan fingerprint density at radius 1 is 0.487 bits per heavy atom. The molecular weight excluding hydrogens is 1070 g/mol. The van der Waals surface area contributed by atoms with Gasteiger partial charge < -0.3 is 66.9 Å². The van der Waals surface area contributed by atoms with Gasteiger partial charge in [0.05, 0.1) is 64.0 Å². The van der Waals surface area contributed by atoms with Crippen LogP contribution >= 0.6 is 34.8 Å². The molecular formula is C60H70Cl3NO14. The van der Waals surface area contributed by atoms with E-state index in [2.05, 4.69) is 11.9 Å². The Balaban J connectivity index is 1.20. The monoisotopic (exact) mass is 1130 g/mol. The molecule has 3 aliphatic rings. The number of alkyl carbamates (subject to hydrolysis) is 1. The Bertz CT molecular complexity index is 2520. The average Bonchev–Trinajstić information content (AvgIpc) is 3.55. The SMILES string of the molecule is C=CCO[C@@H]1[C@H](O[C@H]2O[C@H](C)[C@H](OCc3ccccc3)[C@H](NC(=O)OCC(Cl)(Cl)Cl)[C@H]2OCc2ccccc2)[C@H](O[C@@H]2[C@H](OCc3ccccc3)[C@@H](OC)O[C@H](C)[C@H]2OCc2ccccc2)O[C@H](C)[C@H]1OCc1ccccc1. The van der Waals surface area contributed by atoms with E-state index in [0.29, 0.717) is 0 Å². The lowest BCUT2D eigenvalue weighted by Gasteiger charge is -2.51. The van der Waals surface area contributed by atoms with Crippen molar-refractivity contribution in [2.45, 2.75) is 150 Å². The van der Waals surface area contributed by atoms with Crippen LogP contribution in [0.15, 0.2) is 164 Å². The van der Waals surface area contributed by atoms with Crippen LogP contribution in [0.25, 0.3) is 0 Å². The molecule has 0 saturated carbocycles. The predicted molar refractivity (Wildman–Crippen MR) is 293 cm³/mol. The average molecular weight is 1140 g/mol. The van der Waals surface area contributed by atoms with Crippen molar-refractivity contribution in [3.63, 3.8) is 0 Å². The van der Waals surface area contributed by atoms with Gasteiger partial charge in [0.2, 0.25) is 3.79 Å². The number of hydrogen-bond donors (Lipinski definition) is 1. The molecule has 15 nitrogen and oxygen atoms in total. The Morgan fingerprint density at radius 3 is 1.27 bits per heavy atom. The predicted octanol–water partition coefficient (Wildman–Crippen LogP) is 10.6. The zero-order valence-electron chi connectivity index (χ0n) is 44.2. The molecule has 3 heterocycles. The molecule has 0 unspecified atom stereocenters. The van der Waals surface area contributed by atoms with Crippen molar-refractivity contribution >= 4 is 40.9 Å². The molecule has 1 amide bonds. The molecule has 5 aromatic rings. The maximum absolute atomic E-state index is 13.9. The molecule has 5 aromatic carbocycles. The fourth-order valence-corrected chi connectivity index (χ4v) is 9.89. The first-order valence-electron chi connectivity index (χ1n) is 26.2. The molecule has 0 aliphatic carbocycles. The minimum absolute atomic E-state index is 0.0620. The number of carbonyl (C=O) groups excluding carboxylic acids is 1. The van der Waals surface area contributed by atoms with Gasteiger partial charge in [0.25, 0.3) is 0 Å². The van der Waals surface area contributed by atoms with Crippen LogP contribution in [0.2, 0.25) is 0 Å². The summed E-state index contributed by atoms with van der Waals surface area (Å²) in [5.74, 6) is 0. The largest absolute Gasteiger partial charge is 0.445 e.